The summed E-state index contributed by atoms with van der Waals surface area (Å²) in [4.78, 5) is 7.31. The average molecular weight is 462 g/mol. The van der Waals surface area contributed by atoms with Crippen LogP contribution in [0.15, 0.2) is 75.5 Å². The molecule has 0 aromatic heterocycles. The van der Waals surface area contributed by atoms with Crippen LogP contribution in [-0.4, -0.2) is 27.6 Å². The van der Waals surface area contributed by atoms with E-state index < -0.39 is 33.4 Å². The van der Waals surface area contributed by atoms with Crippen LogP contribution in [0, 0.1) is 11.6 Å². The number of nitrogens with zero attached hydrogens (tertiary/aromatic N) is 2. The molecule has 0 fully saturated rings. The highest BCUT2D eigenvalue weighted by Crippen LogP contribution is 2.40. The maximum Gasteiger partial charge on any atom is 0.266 e. The van der Waals surface area contributed by atoms with Crippen LogP contribution in [0.25, 0.3) is 0 Å². The smallest absolute Gasteiger partial charge is 0.266 e. The van der Waals surface area contributed by atoms with Crippen LogP contribution in [0.1, 0.15) is 30.4 Å². The van der Waals surface area contributed by atoms with Crippen molar-refractivity contribution in [3.63, 3.8) is 0 Å². The van der Waals surface area contributed by atoms with Gasteiger partial charge in [0.2, 0.25) is 5.96 Å². The van der Waals surface area contributed by atoms with Gasteiger partial charge in [0, 0.05) is 11.5 Å². The van der Waals surface area contributed by atoms with E-state index in [1.165, 1.54) is 18.2 Å². The predicted octanol–water partition coefficient (Wildman–Crippen LogP) is 4.63. The predicted molar refractivity (Wildman–Crippen MR) is 119 cm³/mol. The van der Waals surface area contributed by atoms with E-state index in [-0.39, 0.29) is 39.9 Å². The molecule has 0 bridgehead atoms. The summed E-state index contributed by atoms with van der Waals surface area (Å²) in [7, 11) is -4.12. The molecule has 1 unspecified atom stereocenters. The lowest BCUT2D eigenvalue weighted by atomic mass is 9.87. The lowest BCUT2D eigenvalue weighted by molar-refractivity contribution is 0.564. The summed E-state index contributed by atoms with van der Waals surface area (Å²) in [6.45, 7) is 7.94. The number of allylic oxidation sites excluding steroid dienone is 2. The summed E-state index contributed by atoms with van der Waals surface area (Å²) < 4.78 is 71.1. The number of nitrogens with one attached hydrogen (secondary N) is 2. The van der Waals surface area contributed by atoms with Crippen LogP contribution in [0.2, 0.25) is 0 Å². The van der Waals surface area contributed by atoms with E-state index in [1.54, 1.807) is 13.0 Å². The van der Waals surface area contributed by atoms with Gasteiger partial charge in [0.15, 0.2) is 0 Å². The molecular formula is C22H21F3N4O2S. The van der Waals surface area contributed by atoms with Gasteiger partial charge < -0.3 is 5.32 Å². The Hall–Kier alpha value is -3.40. The molecule has 0 radical (unpaired) electrons. The zero-order valence-corrected chi connectivity index (χ0v) is 18.0. The SMILES string of the molecule is C=C/C(F)=C(/CN=C1Nc2c(ccc(F)c2C(CC)c2ccccc2F)S(=O)(=O)N1)N=C. The van der Waals surface area contributed by atoms with E-state index in [0.717, 1.165) is 18.2 Å². The van der Waals surface area contributed by atoms with Crippen molar-refractivity contribution in [2.24, 2.45) is 9.98 Å². The highest BCUT2D eigenvalue weighted by Gasteiger charge is 2.33. The van der Waals surface area contributed by atoms with Gasteiger partial charge in [0.05, 0.1) is 17.9 Å². The van der Waals surface area contributed by atoms with Crippen molar-refractivity contribution in [3.05, 3.63) is 83.3 Å². The molecule has 168 valence electrons. The van der Waals surface area contributed by atoms with Crippen LogP contribution in [0.4, 0.5) is 18.9 Å². The summed E-state index contributed by atoms with van der Waals surface area (Å²) >= 11 is 0. The third-order valence-corrected chi connectivity index (χ3v) is 6.37. The van der Waals surface area contributed by atoms with E-state index >= 15 is 4.39 Å². The molecular weight excluding hydrogens is 441 g/mol. The van der Waals surface area contributed by atoms with Gasteiger partial charge in [0.25, 0.3) is 10.0 Å². The quantitative estimate of drug-likeness (QED) is 0.465. The molecule has 10 heteroatoms. The number of halogens is 3. The minimum absolute atomic E-state index is 0.0113. The minimum Gasteiger partial charge on any atom is -0.324 e. The molecule has 1 aliphatic heterocycles. The third kappa shape index (κ3) is 4.45. The molecule has 32 heavy (non-hydrogen) atoms. The number of rotatable bonds is 7. The lowest BCUT2D eigenvalue weighted by Gasteiger charge is -2.27. The summed E-state index contributed by atoms with van der Waals surface area (Å²) in [6, 6.07) is 8.06. The normalized spacial score (nSPS) is 17.4. The maximum absolute atomic E-state index is 15.0. The topological polar surface area (TPSA) is 82.9 Å². The standard InChI is InChI=1S/C22H21F3N4O2S/c1-4-13(14-8-6-7-9-16(14)24)20-17(25)10-11-19-21(20)28-22(29-32(19,30)31)27-12-18(26-3)15(23)5-2/h5-11,13H,2-4,12H2,1H3,(H2,27,28,29)/b18-15+. The fourth-order valence-electron chi connectivity index (χ4n) is 3.48. The molecule has 0 aliphatic carbocycles. The van der Waals surface area contributed by atoms with Crippen LogP contribution in [0.5, 0.6) is 0 Å². The van der Waals surface area contributed by atoms with Gasteiger partial charge in [-0.05, 0) is 43.0 Å². The fourth-order valence-corrected chi connectivity index (χ4v) is 4.63. The summed E-state index contributed by atoms with van der Waals surface area (Å²) in [5.41, 5.74) is 0.00542. The molecule has 1 atom stereocenters. The number of fused-ring (bicyclic) bond motifs is 1. The van der Waals surface area contributed by atoms with Crippen molar-refractivity contribution in [1.29, 1.82) is 0 Å². The second-order valence-electron chi connectivity index (χ2n) is 6.87. The summed E-state index contributed by atoms with van der Waals surface area (Å²) in [5.74, 6) is -3.02. The van der Waals surface area contributed by atoms with E-state index in [0.29, 0.717) is 6.42 Å². The van der Waals surface area contributed by atoms with Gasteiger partial charge in [-0.1, -0.05) is 31.7 Å². The van der Waals surface area contributed by atoms with Crippen molar-refractivity contribution in [2.45, 2.75) is 24.2 Å². The molecule has 2 aromatic rings. The fraction of sp³-hybridized carbons (Fsp3) is 0.182. The highest BCUT2D eigenvalue weighted by atomic mass is 32.2. The Kier molecular flexibility index (Phi) is 6.83. The van der Waals surface area contributed by atoms with Crippen LogP contribution >= 0.6 is 0 Å². The first kappa shape index (κ1) is 23.3. The Morgan fingerprint density at radius 3 is 2.53 bits per heavy atom. The monoisotopic (exact) mass is 462 g/mol. The molecule has 2 N–H and O–H groups in total. The second-order valence-corrected chi connectivity index (χ2v) is 8.52. The largest absolute Gasteiger partial charge is 0.324 e. The first-order chi connectivity index (χ1) is 15.2. The molecule has 6 nitrogen and oxygen atoms in total. The number of sulfonamides is 1. The van der Waals surface area contributed by atoms with Gasteiger partial charge in [-0.25, -0.2) is 31.3 Å². The third-order valence-electron chi connectivity index (χ3n) is 4.99. The number of aliphatic imine (C=N–C) groups is 2. The van der Waals surface area contributed by atoms with Gasteiger partial charge in [-0.3, -0.25) is 4.99 Å². The molecule has 0 spiro atoms. The zero-order valence-electron chi connectivity index (χ0n) is 17.2. The number of benzene rings is 2. The molecule has 0 saturated carbocycles. The van der Waals surface area contributed by atoms with Gasteiger partial charge in [0.1, 0.15) is 22.4 Å². The molecule has 0 amide bonds. The summed E-state index contributed by atoms with van der Waals surface area (Å²) in [5, 5.41) is 2.77. The Morgan fingerprint density at radius 2 is 1.91 bits per heavy atom. The Bertz CT molecular complexity index is 1240. The van der Waals surface area contributed by atoms with Gasteiger partial charge >= 0.3 is 0 Å². The molecule has 1 aliphatic rings. The van der Waals surface area contributed by atoms with E-state index in [1.807, 2.05) is 0 Å². The highest BCUT2D eigenvalue weighted by molar-refractivity contribution is 7.90. The summed E-state index contributed by atoms with van der Waals surface area (Å²) in [6.07, 6.45) is 1.22. The average Bonchev–Trinajstić information content (AvgIpc) is 2.76. The Balaban J connectivity index is 2.15. The number of anilines is 1. The first-order valence-corrected chi connectivity index (χ1v) is 11.1. The first-order valence-electron chi connectivity index (χ1n) is 9.62. The molecule has 2 aromatic carbocycles. The molecule has 3 rings (SSSR count). The molecule has 1 heterocycles. The van der Waals surface area contributed by atoms with Gasteiger partial charge in [-0.15, -0.1) is 0 Å². The van der Waals surface area contributed by atoms with Crippen molar-refractivity contribution in [3.8, 4) is 0 Å². The number of guanidine groups is 1. The van der Waals surface area contributed by atoms with Crippen LogP contribution < -0.4 is 10.0 Å². The Morgan fingerprint density at radius 1 is 1.19 bits per heavy atom. The van der Waals surface area contributed by atoms with Crippen LogP contribution in [0.3, 0.4) is 0 Å². The lowest BCUT2D eigenvalue weighted by Crippen LogP contribution is -2.41. The van der Waals surface area contributed by atoms with E-state index in [4.69, 9.17) is 0 Å². The minimum atomic E-state index is -4.12. The second kappa shape index (κ2) is 9.39. The zero-order chi connectivity index (χ0) is 23.5. The van der Waals surface area contributed by atoms with Crippen molar-refractivity contribution in [1.82, 2.24) is 4.72 Å². The van der Waals surface area contributed by atoms with E-state index in [9.17, 15) is 17.2 Å². The maximum atomic E-state index is 15.0. The number of hydrogen-bond acceptors (Lipinski definition) is 4. The van der Waals surface area contributed by atoms with Crippen molar-refractivity contribution < 1.29 is 21.6 Å². The van der Waals surface area contributed by atoms with Crippen molar-refractivity contribution >= 4 is 28.4 Å². The van der Waals surface area contributed by atoms with E-state index in [2.05, 4.69) is 33.3 Å². The van der Waals surface area contributed by atoms with Gasteiger partial charge in [-0.2, -0.15) is 0 Å². The van der Waals surface area contributed by atoms with Crippen LogP contribution in [-0.2, 0) is 10.0 Å². The molecule has 0 saturated heterocycles. The Labute approximate surface area is 184 Å². The number of hydrogen-bond donors (Lipinski definition) is 2. The van der Waals surface area contributed by atoms with Crippen molar-refractivity contribution in [2.75, 3.05) is 11.9 Å².